The van der Waals surface area contributed by atoms with Crippen molar-refractivity contribution >= 4 is 23.4 Å². The van der Waals surface area contributed by atoms with E-state index in [1.165, 1.54) is 12.1 Å². The number of alkyl halides is 3. The molecule has 39 heavy (non-hydrogen) atoms. The molecule has 1 aromatic carbocycles. The molecule has 3 saturated carbocycles. The Morgan fingerprint density at radius 3 is 2.41 bits per heavy atom. The van der Waals surface area contributed by atoms with Crippen LogP contribution in [0, 0.1) is 5.82 Å². The molecule has 5 rings (SSSR count). The highest BCUT2D eigenvalue weighted by Gasteiger charge is 2.55. The maximum Gasteiger partial charge on any atom is 0.408 e. The third-order valence-electron chi connectivity index (χ3n) is 6.94. The molecule has 3 fully saturated rings. The molecular formula is C24H25ClF4N4O6. The van der Waals surface area contributed by atoms with Gasteiger partial charge in [-0.3, -0.25) is 14.4 Å². The van der Waals surface area contributed by atoms with E-state index in [4.69, 9.17) is 21.1 Å². The predicted octanol–water partition coefficient (Wildman–Crippen LogP) is 2.10. The highest BCUT2D eigenvalue weighted by atomic mass is 35.5. The van der Waals surface area contributed by atoms with E-state index in [2.05, 4.69) is 15.7 Å². The smallest absolute Gasteiger partial charge is 0.408 e. The fourth-order valence-corrected chi connectivity index (χ4v) is 5.11. The maximum absolute atomic E-state index is 13.6. The first-order valence-electron chi connectivity index (χ1n) is 11.9. The first-order valence-corrected chi connectivity index (χ1v) is 12.3. The molecule has 10 nitrogen and oxygen atoms in total. The summed E-state index contributed by atoms with van der Waals surface area (Å²) in [5, 5.41) is 19.8. The van der Waals surface area contributed by atoms with Gasteiger partial charge < -0.3 is 25.2 Å². The molecule has 0 spiro atoms. The van der Waals surface area contributed by atoms with Crippen molar-refractivity contribution in [2.45, 2.75) is 62.0 Å². The molecule has 3 aliphatic rings. The minimum Gasteiger partial charge on any atom is -0.484 e. The second-order valence-corrected chi connectivity index (χ2v) is 10.1. The van der Waals surface area contributed by atoms with Crippen molar-refractivity contribution < 1.29 is 41.7 Å². The largest absolute Gasteiger partial charge is 0.484 e. The average molecular weight is 577 g/mol. The lowest BCUT2D eigenvalue weighted by Crippen LogP contribution is -2.70. The number of rotatable bonds is 9. The molecule has 1 heterocycles. The van der Waals surface area contributed by atoms with Crippen LogP contribution in [-0.4, -0.2) is 63.3 Å². The maximum atomic E-state index is 13.6. The molecule has 1 atom stereocenters. The highest BCUT2D eigenvalue weighted by Crippen LogP contribution is 2.47. The van der Waals surface area contributed by atoms with E-state index in [0.29, 0.717) is 25.7 Å². The van der Waals surface area contributed by atoms with Gasteiger partial charge in [-0.25, -0.2) is 9.07 Å². The molecule has 1 aromatic heterocycles. The van der Waals surface area contributed by atoms with Crippen molar-refractivity contribution in [3.63, 3.8) is 0 Å². The number of fused-ring (bicyclic) bond motifs is 3. The zero-order chi connectivity index (χ0) is 28.4. The van der Waals surface area contributed by atoms with E-state index in [1.54, 1.807) is 0 Å². The zero-order valence-electron chi connectivity index (χ0n) is 20.4. The molecule has 2 amide bonds. The van der Waals surface area contributed by atoms with E-state index in [9.17, 15) is 37.1 Å². The molecule has 2 bridgehead atoms. The van der Waals surface area contributed by atoms with Gasteiger partial charge in [0.15, 0.2) is 19.0 Å². The van der Waals surface area contributed by atoms with Crippen LogP contribution in [0.4, 0.5) is 17.6 Å². The number of aliphatic hydroxyl groups is 1. The van der Waals surface area contributed by atoms with E-state index >= 15 is 0 Å². The summed E-state index contributed by atoms with van der Waals surface area (Å²) in [6.45, 7) is -2.64. The van der Waals surface area contributed by atoms with E-state index in [-0.39, 0.29) is 28.5 Å². The summed E-state index contributed by atoms with van der Waals surface area (Å²) >= 11 is 5.63. The third-order valence-corrected chi connectivity index (χ3v) is 7.25. The van der Waals surface area contributed by atoms with Gasteiger partial charge in [0, 0.05) is 17.7 Å². The molecule has 212 valence electrons. The minimum absolute atomic E-state index is 0.0761. The number of benzene rings is 1. The van der Waals surface area contributed by atoms with Gasteiger partial charge in [-0.1, -0.05) is 11.6 Å². The summed E-state index contributed by atoms with van der Waals surface area (Å²) < 4.78 is 62.0. The van der Waals surface area contributed by atoms with Crippen LogP contribution < -0.4 is 25.7 Å². The standard InChI is InChI=1S/C24H25ClF4N4O6/c25-15-2-1-14(9-16(15)26)38-11-19(35)31-22-4-6-23(7-5-22,18(34)10-22)32-20(36)12-39-17-3-8-30-33(21(17)37)13-24(27,28)29/h1-3,8-9,18,34H,4-7,10-13H2,(H,31,35)(H,32,36). The van der Waals surface area contributed by atoms with E-state index in [0.717, 1.165) is 18.3 Å². The molecule has 3 N–H and O–H groups in total. The van der Waals surface area contributed by atoms with Crippen molar-refractivity contribution in [3.05, 3.63) is 51.7 Å². The van der Waals surface area contributed by atoms with Crippen LogP contribution in [0.1, 0.15) is 32.1 Å². The Morgan fingerprint density at radius 2 is 1.77 bits per heavy atom. The highest BCUT2D eigenvalue weighted by molar-refractivity contribution is 6.30. The Labute approximate surface area is 224 Å². The first-order chi connectivity index (χ1) is 18.3. The molecule has 2 aromatic rings. The Morgan fingerprint density at radius 1 is 1.10 bits per heavy atom. The summed E-state index contributed by atoms with van der Waals surface area (Å²) in [6, 6.07) is 4.85. The van der Waals surface area contributed by atoms with Crippen LogP contribution in [0.5, 0.6) is 11.5 Å². The SMILES string of the molecule is O=C(COc1ccc(Cl)c(F)c1)NC12CCC(NC(=O)COc3ccnn(CC(F)(F)F)c3=O)(CC1)C(O)C2. The Balaban J connectivity index is 1.29. The van der Waals surface area contributed by atoms with Crippen LogP contribution in [0.25, 0.3) is 0 Å². The van der Waals surface area contributed by atoms with Crippen LogP contribution in [0.15, 0.2) is 35.3 Å². The van der Waals surface area contributed by atoms with Crippen molar-refractivity contribution in [1.82, 2.24) is 20.4 Å². The number of amides is 2. The number of aromatic nitrogens is 2. The summed E-state index contributed by atoms with van der Waals surface area (Å²) in [4.78, 5) is 37.2. The lowest BCUT2D eigenvalue weighted by Gasteiger charge is -2.56. The normalized spacial score (nSPS) is 24.2. The van der Waals surface area contributed by atoms with Crippen molar-refractivity contribution in [1.29, 1.82) is 0 Å². The number of halogens is 5. The topological polar surface area (TPSA) is 132 Å². The number of nitrogens with zero attached hydrogens (tertiary/aromatic N) is 2. The number of hydrogen-bond acceptors (Lipinski definition) is 7. The Kier molecular flexibility index (Phi) is 8.07. The predicted molar refractivity (Wildman–Crippen MR) is 128 cm³/mol. The van der Waals surface area contributed by atoms with Gasteiger partial charge in [0.2, 0.25) is 0 Å². The van der Waals surface area contributed by atoms with Crippen molar-refractivity contribution in [2.75, 3.05) is 13.2 Å². The van der Waals surface area contributed by atoms with Crippen LogP contribution in [-0.2, 0) is 16.1 Å². The van der Waals surface area contributed by atoms with Crippen LogP contribution in [0.3, 0.4) is 0 Å². The molecular weight excluding hydrogens is 552 g/mol. The summed E-state index contributed by atoms with van der Waals surface area (Å²) in [7, 11) is 0. The van der Waals surface area contributed by atoms with Crippen LogP contribution >= 0.6 is 11.6 Å². The number of carbonyl (C=O) groups excluding carboxylic acids is 2. The lowest BCUT2D eigenvalue weighted by atomic mass is 9.60. The minimum atomic E-state index is -4.66. The second kappa shape index (κ2) is 11.0. The lowest BCUT2D eigenvalue weighted by molar-refractivity contribution is -0.143. The van der Waals surface area contributed by atoms with Gasteiger partial charge in [-0.2, -0.15) is 18.3 Å². The zero-order valence-corrected chi connectivity index (χ0v) is 21.1. The summed E-state index contributed by atoms with van der Waals surface area (Å²) in [5.74, 6) is -2.15. The summed E-state index contributed by atoms with van der Waals surface area (Å²) in [6.07, 6.45) is -3.02. The second-order valence-electron chi connectivity index (χ2n) is 9.68. The fraction of sp³-hybridized carbons (Fsp3) is 0.500. The molecule has 0 aliphatic heterocycles. The van der Waals surface area contributed by atoms with Gasteiger partial charge in [0.1, 0.15) is 18.1 Å². The molecule has 1 unspecified atom stereocenters. The molecule has 0 saturated heterocycles. The van der Waals surface area contributed by atoms with Crippen molar-refractivity contribution in [3.8, 4) is 11.5 Å². The molecule has 0 radical (unpaired) electrons. The fourth-order valence-electron chi connectivity index (χ4n) is 4.99. The first kappa shape index (κ1) is 28.6. The summed E-state index contributed by atoms with van der Waals surface area (Å²) in [5.41, 5.74) is -2.84. The quantitative estimate of drug-likeness (QED) is 0.390. The Bertz CT molecular complexity index is 1300. The van der Waals surface area contributed by atoms with Crippen molar-refractivity contribution in [2.24, 2.45) is 0 Å². The number of nitrogens with one attached hydrogen (secondary N) is 2. The van der Waals surface area contributed by atoms with Crippen LogP contribution in [0.2, 0.25) is 5.02 Å². The van der Waals surface area contributed by atoms with Gasteiger partial charge in [0.25, 0.3) is 11.8 Å². The number of aliphatic hydroxyl groups excluding tert-OH is 1. The monoisotopic (exact) mass is 576 g/mol. The van der Waals surface area contributed by atoms with Gasteiger partial charge in [-0.05, 0) is 44.2 Å². The number of carbonyl (C=O) groups is 2. The average Bonchev–Trinajstić information content (AvgIpc) is 2.85. The number of hydrogen-bond donors (Lipinski definition) is 3. The van der Waals surface area contributed by atoms with E-state index < -0.39 is 65.5 Å². The molecule has 3 aliphatic carbocycles. The van der Waals surface area contributed by atoms with Gasteiger partial charge in [0.05, 0.1) is 22.9 Å². The molecule has 15 heteroatoms. The van der Waals surface area contributed by atoms with Gasteiger partial charge in [-0.15, -0.1) is 0 Å². The third kappa shape index (κ3) is 6.79. The van der Waals surface area contributed by atoms with Gasteiger partial charge >= 0.3 is 11.7 Å². The van der Waals surface area contributed by atoms with E-state index in [1.807, 2.05) is 0 Å². The Hall–Kier alpha value is -3.39. The number of ether oxygens (including phenoxy) is 2.